The fraction of sp³-hybridized carbons (Fsp3) is 0.360. The number of aliphatic imine (C=N–C) groups is 2. The van der Waals surface area contributed by atoms with Gasteiger partial charge in [0.15, 0.2) is 5.03 Å². The molecule has 4 rings (SSSR count). The number of urea groups is 1. The summed E-state index contributed by atoms with van der Waals surface area (Å²) >= 11 is 0. The van der Waals surface area contributed by atoms with Crippen molar-refractivity contribution in [2.24, 2.45) is 9.98 Å². The van der Waals surface area contributed by atoms with Gasteiger partial charge in [-0.2, -0.15) is 13.5 Å². The molecule has 0 unspecified atom stereocenters. The number of aryl methyl sites for hydroxylation is 2. The van der Waals surface area contributed by atoms with E-state index < -0.39 is 39.4 Å². The van der Waals surface area contributed by atoms with E-state index in [1.54, 1.807) is 6.92 Å². The first-order valence-corrected chi connectivity index (χ1v) is 13.6. The number of sulfonamides is 1. The minimum absolute atomic E-state index is 0.0921. The van der Waals surface area contributed by atoms with Crippen molar-refractivity contribution in [3.63, 3.8) is 0 Å². The van der Waals surface area contributed by atoms with Gasteiger partial charge in [-0.05, 0) is 87.4 Å². The summed E-state index contributed by atoms with van der Waals surface area (Å²) in [4.78, 5) is 44.8. The van der Waals surface area contributed by atoms with Crippen LogP contribution in [0.15, 0.2) is 45.2 Å². The minimum atomic E-state index is -4.36. The van der Waals surface area contributed by atoms with Crippen LogP contribution in [0.5, 0.6) is 0 Å². The van der Waals surface area contributed by atoms with Crippen molar-refractivity contribution in [1.82, 2.24) is 19.8 Å². The zero-order valence-corrected chi connectivity index (χ0v) is 22.0. The highest BCUT2D eigenvalue weighted by atomic mass is 32.2. The summed E-state index contributed by atoms with van der Waals surface area (Å²) in [5.41, 5.74) is 5.86. The Morgan fingerprint density at radius 2 is 1.76 bits per heavy atom. The summed E-state index contributed by atoms with van der Waals surface area (Å²) in [6.07, 6.45) is 8.04. The highest BCUT2D eigenvalue weighted by Crippen LogP contribution is 2.38. The molecular formula is C25H29N7O5S. The lowest BCUT2D eigenvalue weighted by Crippen LogP contribution is -2.36. The van der Waals surface area contributed by atoms with Crippen LogP contribution in [0.2, 0.25) is 0 Å². The van der Waals surface area contributed by atoms with Gasteiger partial charge >= 0.3 is 6.03 Å². The molecular weight excluding hydrogens is 510 g/mol. The van der Waals surface area contributed by atoms with Gasteiger partial charge in [0.05, 0.1) is 12.2 Å². The van der Waals surface area contributed by atoms with Gasteiger partial charge in [0.25, 0.3) is 21.8 Å². The number of amides is 3. The zero-order valence-electron chi connectivity index (χ0n) is 21.2. The number of aromatic nitrogens is 2. The maximum atomic E-state index is 12.8. The smallest absolute Gasteiger partial charge is 0.333 e. The quantitative estimate of drug-likeness (QED) is 0.435. The summed E-state index contributed by atoms with van der Waals surface area (Å²) in [6.45, 7) is 6.01. The molecule has 38 heavy (non-hydrogen) atoms. The number of benzene rings is 1. The first-order chi connectivity index (χ1) is 18.1. The van der Waals surface area contributed by atoms with Gasteiger partial charge in [-0.25, -0.2) is 14.2 Å². The predicted molar refractivity (Wildman–Crippen MR) is 142 cm³/mol. The van der Waals surface area contributed by atoms with Gasteiger partial charge < -0.3 is 10.6 Å². The van der Waals surface area contributed by atoms with Crippen molar-refractivity contribution >= 4 is 46.0 Å². The molecule has 12 nitrogen and oxygen atoms in total. The number of rotatable bonds is 8. The number of carbonyl (C=O) groups excluding carboxylic acids is 3. The molecule has 3 N–H and O–H groups in total. The Kier molecular flexibility index (Phi) is 7.86. The average Bonchev–Trinajstić information content (AvgIpc) is 3.65. The van der Waals surface area contributed by atoms with Crippen LogP contribution in [-0.4, -0.2) is 55.0 Å². The van der Waals surface area contributed by atoms with E-state index in [1.165, 1.54) is 24.3 Å². The van der Waals surface area contributed by atoms with E-state index in [2.05, 4.69) is 38.5 Å². The second-order valence-corrected chi connectivity index (χ2v) is 10.7. The van der Waals surface area contributed by atoms with E-state index in [0.717, 1.165) is 66.6 Å². The highest BCUT2D eigenvalue weighted by molar-refractivity contribution is 7.90. The molecule has 0 bridgehead atoms. The van der Waals surface area contributed by atoms with Crippen molar-refractivity contribution in [2.75, 3.05) is 11.9 Å². The number of nitrogens with zero attached hydrogens (tertiary/aromatic N) is 4. The number of carbonyl (C=O) groups is 3. The van der Waals surface area contributed by atoms with E-state index in [1.807, 2.05) is 4.72 Å². The predicted octanol–water partition coefficient (Wildman–Crippen LogP) is 2.15. The van der Waals surface area contributed by atoms with E-state index >= 15 is 0 Å². The molecule has 2 aliphatic carbocycles. The first-order valence-electron chi connectivity index (χ1n) is 12.1. The maximum absolute atomic E-state index is 12.8. The third kappa shape index (κ3) is 5.88. The molecule has 2 aliphatic rings. The molecule has 0 saturated heterocycles. The molecule has 1 aromatic carbocycles. The highest BCUT2D eigenvalue weighted by Gasteiger charge is 2.27. The molecule has 1 heterocycles. The number of anilines is 1. The lowest BCUT2D eigenvalue weighted by Gasteiger charge is -2.16. The molecule has 2 aromatic rings. The molecule has 0 radical (unpaired) electrons. The first kappa shape index (κ1) is 26.9. The Morgan fingerprint density at radius 3 is 2.39 bits per heavy atom. The fourth-order valence-electron chi connectivity index (χ4n) is 4.52. The van der Waals surface area contributed by atoms with Crippen LogP contribution in [0.3, 0.4) is 0 Å². The summed E-state index contributed by atoms with van der Waals surface area (Å²) in [5.74, 6) is -1.28. The minimum Gasteiger partial charge on any atom is -0.342 e. The summed E-state index contributed by atoms with van der Waals surface area (Å²) < 4.78 is 28.3. The Labute approximate surface area is 220 Å². The number of fused-ring (bicyclic) bond motifs is 2. The van der Waals surface area contributed by atoms with Gasteiger partial charge in [0.2, 0.25) is 0 Å². The summed E-state index contributed by atoms with van der Waals surface area (Å²) in [6, 6.07) is 2.41. The molecule has 1 aromatic heterocycles. The molecule has 200 valence electrons. The molecule has 3 amide bonds. The fourth-order valence-corrected chi connectivity index (χ4v) is 5.36. The third-order valence-electron chi connectivity index (χ3n) is 6.46. The lowest BCUT2D eigenvalue weighted by molar-refractivity contribution is -0.114. The van der Waals surface area contributed by atoms with Gasteiger partial charge in [-0.3, -0.25) is 19.6 Å². The van der Waals surface area contributed by atoms with E-state index in [9.17, 15) is 22.8 Å². The van der Waals surface area contributed by atoms with Gasteiger partial charge in [0, 0.05) is 18.1 Å². The molecule has 0 aliphatic heterocycles. The number of hydrogen-bond acceptors (Lipinski definition) is 8. The van der Waals surface area contributed by atoms with Gasteiger partial charge in [-0.1, -0.05) is 6.07 Å². The zero-order chi connectivity index (χ0) is 27.4. The van der Waals surface area contributed by atoms with Crippen LogP contribution < -0.4 is 15.4 Å². The van der Waals surface area contributed by atoms with Crippen LogP contribution in [0, 0.1) is 0 Å². The van der Waals surface area contributed by atoms with Crippen molar-refractivity contribution in [2.45, 2.75) is 57.4 Å². The molecule has 0 saturated carbocycles. The molecule has 0 spiro atoms. The second-order valence-electron chi connectivity index (χ2n) is 9.11. The number of allylic oxidation sites excluding steroid dienone is 1. The van der Waals surface area contributed by atoms with Crippen molar-refractivity contribution in [3.05, 3.63) is 52.5 Å². The normalized spacial score (nSPS) is 15.0. The maximum Gasteiger partial charge on any atom is 0.333 e. The lowest BCUT2D eigenvalue weighted by atomic mass is 9.99. The van der Waals surface area contributed by atoms with E-state index in [0.29, 0.717) is 11.4 Å². The molecule has 0 atom stereocenters. The number of nitrogens with one attached hydrogen (secondary N) is 3. The van der Waals surface area contributed by atoms with Crippen molar-refractivity contribution < 1.29 is 22.8 Å². The third-order valence-corrected chi connectivity index (χ3v) is 7.68. The summed E-state index contributed by atoms with van der Waals surface area (Å²) in [7, 11) is -4.36. The second kappa shape index (κ2) is 11.1. The molecule has 0 fully saturated rings. The standard InChI is InChI=1S/C25H29N7O5S/c1-15(26-3)13-27-16(2)24(34)28-14-22(33)32-11-10-21(30-32)38(36,37)31-25(35)29-23-19-8-4-6-17(19)12-18-7-5-9-20(18)23/h10-13H,3-9,14H2,1-2H3,(H,28,34)(H2,29,31,35)/b15-13-,27-16+. The number of hydrogen-bond donors (Lipinski definition) is 3. The Morgan fingerprint density at radius 1 is 1.11 bits per heavy atom. The van der Waals surface area contributed by atoms with E-state index in [4.69, 9.17) is 0 Å². The molecule has 13 heteroatoms. The van der Waals surface area contributed by atoms with Crippen LogP contribution in [0.1, 0.15) is 53.7 Å². The van der Waals surface area contributed by atoms with Crippen LogP contribution >= 0.6 is 0 Å². The Bertz CT molecular complexity index is 1460. The largest absolute Gasteiger partial charge is 0.342 e. The van der Waals surface area contributed by atoms with Gasteiger partial charge in [-0.15, -0.1) is 0 Å². The van der Waals surface area contributed by atoms with Gasteiger partial charge in [0.1, 0.15) is 5.71 Å². The SMILES string of the molecule is C=N/C(C)=C\N=C(/C)C(=O)NCC(=O)n1ccc(S(=O)(=O)NC(=O)Nc2c3c(cc4c2CCC4)CCC3)n1. The monoisotopic (exact) mass is 539 g/mol. The van der Waals surface area contributed by atoms with Crippen LogP contribution in [0.25, 0.3) is 0 Å². The van der Waals surface area contributed by atoms with Crippen LogP contribution in [-0.2, 0) is 40.5 Å². The summed E-state index contributed by atoms with van der Waals surface area (Å²) in [5, 5.41) is 8.41. The van der Waals surface area contributed by atoms with Crippen molar-refractivity contribution in [1.29, 1.82) is 0 Å². The Balaban J connectivity index is 1.39. The van der Waals surface area contributed by atoms with Crippen molar-refractivity contribution in [3.8, 4) is 0 Å². The van der Waals surface area contributed by atoms with E-state index in [-0.39, 0.29) is 5.71 Å². The van der Waals surface area contributed by atoms with Crippen LogP contribution in [0.4, 0.5) is 10.5 Å². The Hall–Kier alpha value is -4.13. The topological polar surface area (TPSA) is 164 Å². The average molecular weight is 540 g/mol.